The second kappa shape index (κ2) is 8.47. The average molecular weight is 351 g/mol. The van der Waals surface area contributed by atoms with Crippen molar-refractivity contribution in [1.29, 1.82) is 0 Å². The zero-order valence-corrected chi connectivity index (χ0v) is 16.4. The fourth-order valence-electron chi connectivity index (χ4n) is 3.36. The van der Waals surface area contributed by atoms with E-state index in [4.69, 9.17) is 0 Å². The van der Waals surface area contributed by atoms with E-state index in [1.807, 2.05) is 26.2 Å². The van der Waals surface area contributed by atoms with E-state index in [-0.39, 0.29) is 0 Å². The Balaban J connectivity index is 0.000000948. The zero-order valence-electron chi connectivity index (χ0n) is 16.4. The zero-order chi connectivity index (χ0) is 18.5. The van der Waals surface area contributed by atoms with Crippen molar-refractivity contribution in [3.8, 4) is 11.1 Å². The smallest absolute Gasteiger partial charge is 0.137 e. The Kier molecular flexibility index (Phi) is 6.07. The molecule has 0 bridgehead atoms. The Labute approximate surface area is 156 Å². The maximum atomic E-state index is 4.53. The van der Waals surface area contributed by atoms with Crippen molar-refractivity contribution in [2.75, 3.05) is 33.2 Å². The molecule has 3 heterocycles. The van der Waals surface area contributed by atoms with Crippen molar-refractivity contribution in [2.24, 2.45) is 0 Å². The Hall–Kier alpha value is -2.17. The molecule has 138 valence electrons. The molecule has 1 aliphatic rings. The summed E-state index contributed by atoms with van der Waals surface area (Å²) >= 11 is 0. The van der Waals surface area contributed by atoms with Crippen LogP contribution in [-0.2, 0) is 6.54 Å². The van der Waals surface area contributed by atoms with E-state index in [1.165, 1.54) is 40.7 Å². The number of hydrogen-bond donors (Lipinski definition) is 1. The summed E-state index contributed by atoms with van der Waals surface area (Å²) in [5, 5.41) is 1.20. The molecule has 0 amide bonds. The summed E-state index contributed by atoms with van der Waals surface area (Å²) in [4.78, 5) is 12.7. The number of aromatic nitrogens is 2. The molecule has 4 nitrogen and oxygen atoms in total. The molecule has 1 aromatic carbocycles. The average Bonchev–Trinajstić information content (AvgIpc) is 3.06. The number of H-pyrrole nitrogens is 1. The predicted molar refractivity (Wildman–Crippen MR) is 110 cm³/mol. The molecule has 3 aromatic rings. The van der Waals surface area contributed by atoms with E-state index in [2.05, 4.69) is 64.1 Å². The highest BCUT2D eigenvalue weighted by atomic mass is 15.2. The first-order chi connectivity index (χ1) is 12.7. The number of piperazine rings is 1. The van der Waals surface area contributed by atoms with Crippen LogP contribution in [0.1, 0.15) is 25.0 Å². The van der Waals surface area contributed by atoms with Gasteiger partial charge in [-0.3, -0.25) is 4.90 Å². The number of rotatable bonds is 3. The molecule has 0 radical (unpaired) electrons. The number of nitrogens with zero attached hydrogens (tertiary/aromatic N) is 3. The molecule has 1 aliphatic heterocycles. The number of aromatic amines is 1. The van der Waals surface area contributed by atoms with Gasteiger partial charge in [-0.2, -0.15) is 0 Å². The van der Waals surface area contributed by atoms with E-state index < -0.39 is 0 Å². The van der Waals surface area contributed by atoms with Crippen LogP contribution >= 0.6 is 0 Å². The third kappa shape index (κ3) is 4.14. The lowest BCUT2D eigenvalue weighted by Crippen LogP contribution is -2.43. The monoisotopic (exact) mass is 350 g/mol. The molecule has 4 rings (SSSR count). The van der Waals surface area contributed by atoms with Crippen LogP contribution in [0, 0.1) is 6.92 Å². The van der Waals surface area contributed by atoms with E-state index in [1.54, 1.807) is 0 Å². The topological polar surface area (TPSA) is 35.2 Å². The Morgan fingerprint density at radius 1 is 1.00 bits per heavy atom. The standard InChI is InChI=1S/C20H24N4.C2H6/c1-15-12-21-20-19(15)11-18(13-22-20)17-5-3-16(4-6-17)14-24-9-7-23(2)8-10-24;1-2/h3-6,11-13H,7-10,14H2,1-2H3,(H,21,22);1-2H3. The lowest BCUT2D eigenvalue weighted by Gasteiger charge is -2.32. The first-order valence-corrected chi connectivity index (χ1v) is 9.63. The number of nitrogens with one attached hydrogen (secondary N) is 1. The lowest BCUT2D eigenvalue weighted by atomic mass is 10.0. The minimum absolute atomic E-state index is 0.961. The maximum absolute atomic E-state index is 4.53. The van der Waals surface area contributed by atoms with Gasteiger partial charge >= 0.3 is 0 Å². The number of pyridine rings is 1. The summed E-state index contributed by atoms with van der Waals surface area (Å²) in [7, 11) is 2.20. The van der Waals surface area contributed by atoms with Gasteiger partial charge in [-0.1, -0.05) is 38.1 Å². The van der Waals surface area contributed by atoms with Gasteiger partial charge in [-0.05, 0) is 36.7 Å². The second-order valence-electron chi connectivity index (χ2n) is 6.87. The third-order valence-electron chi connectivity index (χ3n) is 5.03. The van der Waals surface area contributed by atoms with Crippen molar-refractivity contribution in [3.05, 3.63) is 53.9 Å². The molecule has 26 heavy (non-hydrogen) atoms. The van der Waals surface area contributed by atoms with E-state index >= 15 is 0 Å². The molecule has 1 saturated heterocycles. The third-order valence-corrected chi connectivity index (χ3v) is 5.03. The number of aryl methyl sites for hydroxylation is 1. The number of hydrogen-bond acceptors (Lipinski definition) is 3. The molecule has 4 heteroatoms. The molecule has 0 aliphatic carbocycles. The van der Waals surface area contributed by atoms with Crippen molar-refractivity contribution in [3.63, 3.8) is 0 Å². The van der Waals surface area contributed by atoms with Gasteiger partial charge in [0.15, 0.2) is 0 Å². The number of fused-ring (bicyclic) bond motifs is 1. The molecular formula is C22H30N4. The summed E-state index contributed by atoms with van der Waals surface area (Å²) in [5.41, 5.74) is 5.99. The fourth-order valence-corrected chi connectivity index (χ4v) is 3.36. The van der Waals surface area contributed by atoms with Gasteiger partial charge in [-0.15, -0.1) is 0 Å². The first kappa shape index (κ1) is 18.6. The van der Waals surface area contributed by atoms with E-state index in [0.717, 1.165) is 25.3 Å². The molecule has 0 saturated carbocycles. The Morgan fingerprint density at radius 3 is 2.38 bits per heavy atom. The van der Waals surface area contributed by atoms with Crippen LogP contribution in [0.4, 0.5) is 0 Å². The van der Waals surface area contributed by atoms with Gasteiger partial charge in [0, 0.05) is 56.1 Å². The van der Waals surface area contributed by atoms with Crippen LogP contribution in [0.25, 0.3) is 22.2 Å². The molecule has 0 spiro atoms. The summed E-state index contributed by atoms with van der Waals surface area (Å²) in [5.74, 6) is 0. The minimum Gasteiger partial charge on any atom is -0.346 e. The van der Waals surface area contributed by atoms with Crippen molar-refractivity contribution >= 4 is 11.0 Å². The first-order valence-electron chi connectivity index (χ1n) is 9.63. The molecule has 0 atom stereocenters. The minimum atomic E-state index is 0.961. The van der Waals surface area contributed by atoms with Crippen LogP contribution in [0.2, 0.25) is 0 Å². The summed E-state index contributed by atoms with van der Waals surface area (Å²) in [6.45, 7) is 11.8. The molecule has 0 unspecified atom stereocenters. The summed E-state index contributed by atoms with van der Waals surface area (Å²) in [6.07, 6.45) is 3.97. The molecule has 1 N–H and O–H groups in total. The SMILES string of the molecule is CC.Cc1c[nH]c2ncc(-c3ccc(CN4CCN(C)CC4)cc3)cc12. The number of benzene rings is 1. The van der Waals surface area contributed by atoms with Gasteiger partial charge in [0.2, 0.25) is 0 Å². The van der Waals surface area contributed by atoms with Gasteiger partial charge in [0.1, 0.15) is 5.65 Å². The largest absolute Gasteiger partial charge is 0.346 e. The van der Waals surface area contributed by atoms with Crippen LogP contribution in [0.3, 0.4) is 0 Å². The van der Waals surface area contributed by atoms with Crippen molar-refractivity contribution < 1.29 is 0 Å². The van der Waals surface area contributed by atoms with Crippen LogP contribution in [0.15, 0.2) is 42.7 Å². The predicted octanol–water partition coefficient (Wildman–Crippen LogP) is 4.31. The quantitative estimate of drug-likeness (QED) is 0.764. The fraction of sp³-hybridized carbons (Fsp3) is 0.409. The summed E-state index contributed by atoms with van der Waals surface area (Å²) < 4.78 is 0. The second-order valence-corrected chi connectivity index (χ2v) is 6.87. The lowest BCUT2D eigenvalue weighted by molar-refractivity contribution is 0.148. The van der Waals surface area contributed by atoms with E-state index in [0.29, 0.717) is 0 Å². The van der Waals surface area contributed by atoms with Crippen molar-refractivity contribution in [1.82, 2.24) is 19.8 Å². The molecule has 2 aromatic heterocycles. The molecular weight excluding hydrogens is 320 g/mol. The van der Waals surface area contributed by atoms with Crippen LogP contribution in [0.5, 0.6) is 0 Å². The highest BCUT2D eigenvalue weighted by Crippen LogP contribution is 2.25. The van der Waals surface area contributed by atoms with Gasteiger partial charge in [0.05, 0.1) is 0 Å². The normalized spacial score (nSPS) is 15.7. The van der Waals surface area contributed by atoms with Gasteiger partial charge in [0.25, 0.3) is 0 Å². The van der Waals surface area contributed by atoms with Crippen LogP contribution in [-0.4, -0.2) is 53.0 Å². The van der Waals surface area contributed by atoms with Crippen molar-refractivity contribution in [2.45, 2.75) is 27.3 Å². The van der Waals surface area contributed by atoms with E-state index in [9.17, 15) is 0 Å². The van der Waals surface area contributed by atoms with Gasteiger partial charge in [-0.25, -0.2) is 4.98 Å². The Morgan fingerprint density at radius 2 is 1.69 bits per heavy atom. The van der Waals surface area contributed by atoms with Crippen LogP contribution < -0.4 is 0 Å². The molecule has 1 fully saturated rings. The number of likely N-dealkylation sites (N-methyl/N-ethyl adjacent to an activating group) is 1. The Bertz CT molecular complexity index is 827. The van der Waals surface area contributed by atoms with Gasteiger partial charge < -0.3 is 9.88 Å². The summed E-state index contributed by atoms with van der Waals surface area (Å²) in [6, 6.07) is 11.2. The highest BCUT2D eigenvalue weighted by Gasteiger charge is 2.13. The highest BCUT2D eigenvalue weighted by molar-refractivity contribution is 5.84. The maximum Gasteiger partial charge on any atom is 0.137 e.